The topological polar surface area (TPSA) is 91.2 Å². The predicted molar refractivity (Wildman–Crippen MR) is 93.9 cm³/mol. The molecule has 0 saturated carbocycles. The van der Waals surface area contributed by atoms with E-state index < -0.39 is 0 Å². The van der Waals surface area contributed by atoms with Gasteiger partial charge in [0.25, 0.3) is 5.91 Å². The Labute approximate surface area is 147 Å². The first-order valence-electron chi connectivity index (χ1n) is 8.45. The van der Waals surface area contributed by atoms with E-state index >= 15 is 0 Å². The lowest BCUT2D eigenvalue weighted by atomic mass is 9.81. The van der Waals surface area contributed by atoms with Gasteiger partial charge in [0, 0.05) is 51.0 Å². The average molecular weight is 341 g/mol. The van der Waals surface area contributed by atoms with Crippen LogP contribution in [0.4, 0.5) is 5.95 Å². The van der Waals surface area contributed by atoms with E-state index in [-0.39, 0.29) is 17.9 Å². The van der Waals surface area contributed by atoms with E-state index in [1.165, 1.54) is 0 Å². The maximum Gasteiger partial charge on any atom is 0.256 e. The fourth-order valence-electron chi connectivity index (χ4n) is 2.80. The SMILES string of the molecule is CC1(CO)CCN(C(=O)c2cnc(NCc3cccnc3)nc2)CC1. The van der Waals surface area contributed by atoms with Gasteiger partial charge in [0.2, 0.25) is 5.95 Å². The molecule has 1 aliphatic heterocycles. The van der Waals surface area contributed by atoms with Crippen molar-refractivity contribution in [3.05, 3.63) is 48.0 Å². The first-order chi connectivity index (χ1) is 12.1. The number of aliphatic hydroxyl groups is 1. The van der Waals surface area contributed by atoms with E-state index in [0.717, 1.165) is 18.4 Å². The molecule has 0 bridgehead atoms. The van der Waals surface area contributed by atoms with Crippen LogP contribution >= 0.6 is 0 Å². The van der Waals surface area contributed by atoms with Crippen LogP contribution < -0.4 is 5.32 Å². The summed E-state index contributed by atoms with van der Waals surface area (Å²) in [5.41, 5.74) is 1.44. The van der Waals surface area contributed by atoms with Crippen LogP contribution in [0.15, 0.2) is 36.9 Å². The summed E-state index contributed by atoms with van der Waals surface area (Å²) in [6.07, 6.45) is 8.23. The lowest BCUT2D eigenvalue weighted by Crippen LogP contribution is -2.43. The van der Waals surface area contributed by atoms with Crippen molar-refractivity contribution < 1.29 is 9.90 Å². The summed E-state index contributed by atoms with van der Waals surface area (Å²) >= 11 is 0. The van der Waals surface area contributed by atoms with E-state index in [9.17, 15) is 9.90 Å². The highest BCUT2D eigenvalue weighted by atomic mass is 16.3. The van der Waals surface area contributed by atoms with Crippen LogP contribution in [-0.4, -0.2) is 50.6 Å². The number of rotatable bonds is 5. The molecule has 1 amide bonds. The monoisotopic (exact) mass is 341 g/mol. The number of anilines is 1. The lowest BCUT2D eigenvalue weighted by molar-refractivity contribution is 0.0439. The third-order valence-corrected chi connectivity index (χ3v) is 4.71. The van der Waals surface area contributed by atoms with Crippen molar-refractivity contribution in [2.45, 2.75) is 26.3 Å². The number of aromatic nitrogens is 3. The third kappa shape index (κ3) is 4.30. The molecule has 132 valence electrons. The smallest absolute Gasteiger partial charge is 0.256 e. The zero-order valence-corrected chi connectivity index (χ0v) is 14.4. The molecule has 3 heterocycles. The standard InChI is InChI=1S/C18H23N5O2/c1-18(13-24)4-7-23(8-5-18)16(25)15-11-21-17(22-12-15)20-10-14-3-2-6-19-9-14/h2-3,6,9,11-12,24H,4-5,7-8,10,13H2,1H3,(H,20,21,22). The van der Waals surface area contributed by atoms with Crippen LogP contribution in [0.25, 0.3) is 0 Å². The molecule has 0 spiro atoms. The first-order valence-corrected chi connectivity index (χ1v) is 8.45. The Hall–Kier alpha value is -2.54. The Bertz CT molecular complexity index is 697. The predicted octanol–water partition coefficient (Wildman–Crippen LogP) is 1.72. The summed E-state index contributed by atoms with van der Waals surface area (Å²) in [7, 11) is 0. The van der Waals surface area contributed by atoms with Gasteiger partial charge in [0.05, 0.1) is 5.56 Å². The molecule has 1 fully saturated rings. The minimum Gasteiger partial charge on any atom is -0.396 e. The van der Waals surface area contributed by atoms with E-state index in [0.29, 0.717) is 31.1 Å². The van der Waals surface area contributed by atoms with Gasteiger partial charge >= 0.3 is 0 Å². The van der Waals surface area contributed by atoms with Gasteiger partial charge in [-0.25, -0.2) is 9.97 Å². The minimum absolute atomic E-state index is 0.0567. The number of hydrogen-bond donors (Lipinski definition) is 2. The summed E-state index contributed by atoms with van der Waals surface area (Å²) in [5, 5.41) is 12.5. The average Bonchev–Trinajstić information content (AvgIpc) is 2.68. The molecular weight excluding hydrogens is 318 g/mol. The molecule has 25 heavy (non-hydrogen) atoms. The number of piperidine rings is 1. The summed E-state index contributed by atoms with van der Waals surface area (Å²) < 4.78 is 0. The van der Waals surface area contributed by atoms with Crippen molar-refractivity contribution in [2.75, 3.05) is 25.0 Å². The van der Waals surface area contributed by atoms with Crippen molar-refractivity contribution in [3.63, 3.8) is 0 Å². The Morgan fingerprint density at radius 3 is 2.60 bits per heavy atom. The van der Waals surface area contributed by atoms with Crippen LogP contribution in [-0.2, 0) is 6.54 Å². The molecule has 0 aliphatic carbocycles. The second kappa shape index (κ2) is 7.57. The van der Waals surface area contributed by atoms with Gasteiger partial charge in [-0.1, -0.05) is 13.0 Å². The van der Waals surface area contributed by atoms with Crippen LogP contribution in [0.5, 0.6) is 0 Å². The van der Waals surface area contributed by atoms with Gasteiger partial charge in [-0.3, -0.25) is 9.78 Å². The molecule has 3 rings (SSSR count). The van der Waals surface area contributed by atoms with Crippen LogP contribution in [0.2, 0.25) is 0 Å². The van der Waals surface area contributed by atoms with Gasteiger partial charge in [0.1, 0.15) is 0 Å². The van der Waals surface area contributed by atoms with Gasteiger partial charge in [-0.05, 0) is 29.9 Å². The fraction of sp³-hybridized carbons (Fsp3) is 0.444. The number of hydrogen-bond acceptors (Lipinski definition) is 6. The van der Waals surface area contributed by atoms with Crippen molar-refractivity contribution in [3.8, 4) is 0 Å². The Balaban J connectivity index is 1.56. The lowest BCUT2D eigenvalue weighted by Gasteiger charge is -2.38. The molecule has 1 saturated heterocycles. The number of amides is 1. The molecule has 2 aromatic rings. The number of carbonyl (C=O) groups is 1. The molecule has 1 aliphatic rings. The zero-order valence-electron chi connectivity index (χ0n) is 14.4. The molecule has 2 aromatic heterocycles. The first kappa shape index (κ1) is 17.3. The number of nitrogens with one attached hydrogen (secondary N) is 1. The van der Waals surface area contributed by atoms with Gasteiger partial charge < -0.3 is 15.3 Å². The minimum atomic E-state index is -0.0760. The van der Waals surface area contributed by atoms with Crippen molar-refractivity contribution in [2.24, 2.45) is 5.41 Å². The summed E-state index contributed by atoms with van der Waals surface area (Å²) in [6.45, 7) is 4.09. The molecule has 0 unspecified atom stereocenters. The largest absolute Gasteiger partial charge is 0.396 e. The van der Waals surface area contributed by atoms with Gasteiger partial charge in [-0.2, -0.15) is 0 Å². The number of pyridine rings is 1. The van der Waals surface area contributed by atoms with Crippen molar-refractivity contribution >= 4 is 11.9 Å². The molecular formula is C18H23N5O2. The molecule has 0 radical (unpaired) electrons. The number of aliphatic hydroxyl groups excluding tert-OH is 1. The molecule has 2 N–H and O–H groups in total. The Morgan fingerprint density at radius 2 is 2.00 bits per heavy atom. The second-order valence-electron chi connectivity index (χ2n) is 6.77. The highest BCUT2D eigenvalue weighted by Gasteiger charge is 2.31. The molecule has 0 atom stereocenters. The van der Waals surface area contributed by atoms with Crippen molar-refractivity contribution in [1.82, 2.24) is 19.9 Å². The molecule has 7 heteroatoms. The zero-order chi connectivity index (χ0) is 17.7. The fourth-order valence-corrected chi connectivity index (χ4v) is 2.80. The maximum atomic E-state index is 12.5. The quantitative estimate of drug-likeness (QED) is 0.860. The highest BCUT2D eigenvalue weighted by molar-refractivity contribution is 5.93. The van der Waals surface area contributed by atoms with Crippen LogP contribution in [0, 0.1) is 5.41 Å². The third-order valence-electron chi connectivity index (χ3n) is 4.71. The van der Waals surface area contributed by atoms with Crippen LogP contribution in [0.3, 0.4) is 0 Å². The summed E-state index contributed by atoms with van der Waals surface area (Å²) in [4.78, 5) is 26.9. The van der Waals surface area contributed by atoms with Crippen molar-refractivity contribution in [1.29, 1.82) is 0 Å². The normalized spacial score (nSPS) is 16.5. The van der Waals surface area contributed by atoms with E-state index in [1.54, 1.807) is 29.7 Å². The van der Waals surface area contributed by atoms with Gasteiger partial charge in [0.15, 0.2) is 0 Å². The van der Waals surface area contributed by atoms with Crippen LogP contribution in [0.1, 0.15) is 35.7 Å². The Morgan fingerprint density at radius 1 is 1.28 bits per heavy atom. The summed E-state index contributed by atoms with van der Waals surface area (Å²) in [5.74, 6) is 0.422. The second-order valence-corrected chi connectivity index (χ2v) is 6.77. The number of nitrogens with zero attached hydrogens (tertiary/aromatic N) is 4. The van der Waals surface area contributed by atoms with Gasteiger partial charge in [-0.15, -0.1) is 0 Å². The van der Waals surface area contributed by atoms with E-state index in [1.807, 2.05) is 12.1 Å². The Kier molecular flexibility index (Phi) is 5.23. The highest BCUT2D eigenvalue weighted by Crippen LogP contribution is 2.30. The molecule has 0 aromatic carbocycles. The number of carbonyl (C=O) groups excluding carboxylic acids is 1. The van der Waals surface area contributed by atoms with E-state index in [4.69, 9.17) is 0 Å². The maximum absolute atomic E-state index is 12.5. The van der Waals surface area contributed by atoms with E-state index in [2.05, 4.69) is 27.2 Å². The molecule has 7 nitrogen and oxygen atoms in total. The number of likely N-dealkylation sites (tertiary alicyclic amines) is 1. The summed E-state index contributed by atoms with van der Waals surface area (Å²) in [6, 6.07) is 3.84.